The smallest absolute Gasteiger partial charge is 0.407 e. The van der Waals surface area contributed by atoms with Gasteiger partial charge in [-0.3, -0.25) is 4.79 Å². The molecule has 0 fully saturated rings. The molecule has 0 aliphatic carbocycles. The highest BCUT2D eigenvalue weighted by molar-refractivity contribution is 5.77. The maximum Gasteiger partial charge on any atom is 0.407 e. The third kappa shape index (κ3) is 6.44. The Morgan fingerprint density at radius 3 is 2.58 bits per heavy atom. The Labute approximate surface area is 152 Å². The van der Waals surface area contributed by atoms with E-state index in [2.05, 4.69) is 10.6 Å². The van der Waals surface area contributed by atoms with Crippen molar-refractivity contribution in [3.63, 3.8) is 0 Å². The van der Waals surface area contributed by atoms with E-state index in [1.807, 2.05) is 0 Å². The number of hydrogen-bond donors (Lipinski definition) is 3. The largest absolute Gasteiger partial charge is 0.486 e. The number of nitrogens with one attached hydrogen (secondary N) is 2. The fraction of sp³-hybridized carbons (Fsp3) is 0.556. The van der Waals surface area contributed by atoms with E-state index in [0.29, 0.717) is 30.3 Å². The molecule has 0 saturated carbocycles. The van der Waals surface area contributed by atoms with Crippen LogP contribution in [0.3, 0.4) is 0 Å². The summed E-state index contributed by atoms with van der Waals surface area (Å²) in [5.74, 6) is 0.947. The van der Waals surface area contributed by atoms with E-state index in [1.54, 1.807) is 39.0 Å². The van der Waals surface area contributed by atoms with Gasteiger partial charge in [-0.1, -0.05) is 6.07 Å². The van der Waals surface area contributed by atoms with Crippen molar-refractivity contribution in [1.82, 2.24) is 10.6 Å². The minimum absolute atomic E-state index is 0.0604. The van der Waals surface area contributed by atoms with Gasteiger partial charge in [-0.25, -0.2) is 4.79 Å². The number of carbonyl (C=O) groups is 2. The first-order valence-electron chi connectivity index (χ1n) is 8.56. The van der Waals surface area contributed by atoms with E-state index in [-0.39, 0.29) is 25.4 Å². The molecule has 3 N–H and O–H groups in total. The molecule has 1 unspecified atom stereocenters. The van der Waals surface area contributed by atoms with Gasteiger partial charge < -0.3 is 30.0 Å². The highest BCUT2D eigenvalue weighted by Gasteiger charge is 2.17. The molecule has 0 radical (unpaired) electrons. The molecule has 1 heterocycles. The summed E-state index contributed by atoms with van der Waals surface area (Å²) in [4.78, 5) is 23.3. The summed E-state index contributed by atoms with van der Waals surface area (Å²) in [6, 6.07) is 5.17. The summed E-state index contributed by atoms with van der Waals surface area (Å²) in [6.07, 6.45) is -1.34. The first-order valence-corrected chi connectivity index (χ1v) is 8.56. The number of rotatable bonds is 6. The van der Waals surface area contributed by atoms with Gasteiger partial charge in [-0.05, 0) is 38.5 Å². The van der Waals surface area contributed by atoms with Crippen molar-refractivity contribution >= 4 is 12.0 Å². The molecule has 2 rings (SSSR count). The van der Waals surface area contributed by atoms with E-state index in [1.165, 1.54) is 0 Å². The third-order valence-corrected chi connectivity index (χ3v) is 3.46. The molecule has 2 amide bonds. The zero-order chi connectivity index (χ0) is 19.2. The monoisotopic (exact) mass is 366 g/mol. The number of aliphatic hydroxyl groups is 1. The SMILES string of the molecule is CC(C)(C)OC(=O)NCCC(=O)NCC(O)c1ccc2c(c1)OCCO2. The summed E-state index contributed by atoms with van der Waals surface area (Å²) in [5, 5.41) is 15.3. The quantitative estimate of drug-likeness (QED) is 0.705. The van der Waals surface area contributed by atoms with Crippen LogP contribution in [0.4, 0.5) is 4.79 Å². The number of aliphatic hydroxyl groups excluding tert-OH is 1. The van der Waals surface area contributed by atoms with Crippen molar-refractivity contribution in [2.75, 3.05) is 26.3 Å². The Balaban J connectivity index is 1.71. The molecule has 8 heteroatoms. The van der Waals surface area contributed by atoms with Crippen molar-refractivity contribution in [2.24, 2.45) is 0 Å². The predicted molar refractivity (Wildman–Crippen MR) is 94.3 cm³/mol. The first kappa shape index (κ1) is 19.8. The second kappa shape index (κ2) is 8.75. The maximum absolute atomic E-state index is 11.8. The fourth-order valence-corrected chi connectivity index (χ4v) is 2.28. The van der Waals surface area contributed by atoms with Crippen molar-refractivity contribution in [1.29, 1.82) is 0 Å². The van der Waals surface area contributed by atoms with Gasteiger partial charge in [-0.15, -0.1) is 0 Å². The highest BCUT2D eigenvalue weighted by Crippen LogP contribution is 2.32. The summed E-state index contributed by atoms with van der Waals surface area (Å²) < 4.78 is 16.0. The van der Waals surface area contributed by atoms with Crippen molar-refractivity contribution < 1.29 is 28.9 Å². The first-order chi connectivity index (χ1) is 12.2. The summed E-state index contributed by atoms with van der Waals surface area (Å²) in [7, 11) is 0. The average molecular weight is 366 g/mol. The number of hydrogen-bond acceptors (Lipinski definition) is 6. The van der Waals surface area contributed by atoms with Gasteiger partial charge >= 0.3 is 6.09 Å². The molecule has 8 nitrogen and oxygen atoms in total. The molecular formula is C18H26N2O6. The Bertz CT molecular complexity index is 641. The number of fused-ring (bicyclic) bond motifs is 1. The summed E-state index contributed by atoms with van der Waals surface area (Å²) >= 11 is 0. The molecule has 0 bridgehead atoms. The summed E-state index contributed by atoms with van der Waals surface area (Å²) in [6.45, 7) is 6.47. The Kier molecular flexibility index (Phi) is 6.68. The van der Waals surface area contributed by atoms with Gasteiger partial charge in [0.25, 0.3) is 0 Å². The number of ether oxygens (including phenoxy) is 3. The van der Waals surface area contributed by atoms with E-state index in [4.69, 9.17) is 14.2 Å². The van der Waals surface area contributed by atoms with Gasteiger partial charge in [0.15, 0.2) is 11.5 Å². The Morgan fingerprint density at radius 1 is 1.19 bits per heavy atom. The molecule has 144 valence electrons. The maximum atomic E-state index is 11.8. The fourth-order valence-electron chi connectivity index (χ4n) is 2.28. The minimum atomic E-state index is -0.867. The van der Waals surface area contributed by atoms with Crippen LogP contribution in [0.5, 0.6) is 11.5 Å². The van der Waals surface area contributed by atoms with Crippen LogP contribution in [0.2, 0.25) is 0 Å². The van der Waals surface area contributed by atoms with Gasteiger partial charge in [-0.2, -0.15) is 0 Å². The van der Waals surface area contributed by atoms with Crippen molar-refractivity contribution in [3.05, 3.63) is 23.8 Å². The standard InChI is InChI=1S/C18H26N2O6/c1-18(2,3)26-17(23)19-7-6-16(22)20-11-13(21)12-4-5-14-15(10-12)25-9-8-24-14/h4-5,10,13,21H,6-9,11H2,1-3H3,(H,19,23)(H,20,22). The molecule has 1 aliphatic rings. The lowest BCUT2D eigenvalue weighted by Crippen LogP contribution is -2.36. The van der Waals surface area contributed by atoms with Crippen LogP contribution in [-0.2, 0) is 9.53 Å². The van der Waals surface area contributed by atoms with Crippen LogP contribution in [0.25, 0.3) is 0 Å². The zero-order valence-corrected chi connectivity index (χ0v) is 15.3. The minimum Gasteiger partial charge on any atom is -0.486 e. The van der Waals surface area contributed by atoms with Crippen LogP contribution in [0.15, 0.2) is 18.2 Å². The van der Waals surface area contributed by atoms with Crippen LogP contribution in [-0.4, -0.2) is 49.0 Å². The normalized spacial score (nSPS) is 14.3. The van der Waals surface area contributed by atoms with Crippen molar-refractivity contribution in [2.45, 2.75) is 38.9 Å². The molecular weight excluding hydrogens is 340 g/mol. The van der Waals surface area contributed by atoms with Gasteiger partial charge in [0.05, 0.1) is 6.10 Å². The number of alkyl carbamates (subject to hydrolysis) is 1. The Morgan fingerprint density at radius 2 is 1.88 bits per heavy atom. The Hall–Kier alpha value is -2.48. The number of benzene rings is 1. The summed E-state index contributed by atoms with van der Waals surface area (Å²) in [5.41, 5.74) is 0.0431. The lowest BCUT2D eigenvalue weighted by atomic mass is 10.1. The lowest BCUT2D eigenvalue weighted by Gasteiger charge is -2.20. The average Bonchev–Trinajstić information content (AvgIpc) is 2.57. The molecule has 1 aromatic rings. The second-order valence-electron chi connectivity index (χ2n) is 6.90. The number of carbonyl (C=O) groups excluding carboxylic acids is 2. The van der Waals surface area contributed by atoms with Crippen LogP contribution in [0.1, 0.15) is 38.9 Å². The molecule has 26 heavy (non-hydrogen) atoms. The molecule has 0 spiro atoms. The third-order valence-electron chi connectivity index (χ3n) is 3.46. The van der Waals surface area contributed by atoms with E-state index >= 15 is 0 Å². The van der Waals surface area contributed by atoms with Gasteiger partial charge in [0.1, 0.15) is 18.8 Å². The topological polar surface area (TPSA) is 106 Å². The highest BCUT2D eigenvalue weighted by atomic mass is 16.6. The molecule has 0 saturated heterocycles. The molecule has 1 aliphatic heterocycles. The van der Waals surface area contributed by atoms with Crippen molar-refractivity contribution in [3.8, 4) is 11.5 Å². The van der Waals surface area contributed by atoms with Gasteiger partial charge in [0, 0.05) is 19.5 Å². The van der Waals surface area contributed by atoms with Crippen LogP contribution >= 0.6 is 0 Å². The van der Waals surface area contributed by atoms with E-state index < -0.39 is 17.8 Å². The molecule has 1 aromatic carbocycles. The lowest BCUT2D eigenvalue weighted by molar-refractivity contribution is -0.121. The van der Waals surface area contributed by atoms with Crippen LogP contribution < -0.4 is 20.1 Å². The number of amides is 2. The van der Waals surface area contributed by atoms with E-state index in [0.717, 1.165) is 0 Å². The van der Waals surface area contributed by atoms with Crippen LogP contribution in [0, 0.1) is 0 Å². The molecule has 0 aromatic heterocycles. The van der Waals surface area contributed by atoms with E-state index in [9.17, 15) is 14.7 Å². The van der Waals surface area contributed by atoms with Gasteiger partial charge in [0.2, 0.25) is 5.91 Å². The zero-order valence-electron chi connectivity index (χ0n) is 15.3. The second-order valence-corrected chi connectivity index (χ2v) is 6.90. The molecule has 1 atom stereocenters. The predicted octanol–water partition coefficient (Wildman–Crippen LogP) is 1.52.